The fourth-order valence-corrected chi connectivity index (χ4v) is 1.53. The Balaban J connectivity index is 2.61. The number of rotatable bonds is 9. The molecule has 0 saturated heterocycles. The van der Waals surface area contributed by atoms with E-state index in [1.807, 2.05) is 37.9 Å². The predicted molar refractivity (Wildman–Crippen MR) is 86.5 cm³/mol. The maximum absolute atomic E-state index is 5.71. The molecule has 0 aromatic carbocycles. The zero-order valence-corrected chi connectivity index (χ0v) is 13.4. The Morgan fingerprint density at radius 2 is 2.24 bits per heavy atom. The van der Waals surface area contributed by atoms with Crippen LogP contribution in [0.3, 0.4) is 0 Å². The highest BCUT2D eigenvalue weighted by atomic mass is 16.5. The van der Waals surface area contributed by atoms with Gasteiger partial charge in [0.2, 0.25) is 5.88 Å². The Labute approximate surface area is 127 Å². The Morgan fingerprint density at radius 1 is 1.48 bits per heavy atom. The first-order chi connectivity index (χ1) is 10.1. The van der Waals surface area contributed by atoms with Gasteiger partial charge in [-0.15, -0.1) is 6.58 Å². The van der Waals surface area contributed by atoms with Crippen LogP contribution in [-0.2, 0) is 4.74 Å². The van der Waals surface area contributed by atoms with Crippen molar-refractivity contribution in [2.45, 2.75) is 26.9 Å². The van der Waals surface area contributed by atoms with Gasteiger partial charge in [-0.3, -0.25) is 0 Å². The van der Waals surface area contributed by atoms with Gasteiger partial charge in [0.1, 0.15) is 6.10 Å². The second kappa shape index (κ2) is 9.13. The number of pyridine rings is 1. The van der Waals surface area contributed by atoms with Crippen LogP contribution in [0.1, 0.15) is 19.5 Å². The van der Waals surface area contributed by atoms with Crippen molar-refractivity contribution in [3.63, 3.8) is 0 Å². The van der Waals surface area contributed by atoms with E-state index in [0.29, 0.717) is 19.1 Å². The number of hydrogen-bond donors (Lipinski definition) is 0. The molecule has 1 unspecified atom stereocenters. The number of ether oxygens (including phenoxy) is 2. The molecule has 0 radical (unpaired) electrons. The number of aromatic nitrogens is 1. The highest BCUT2D eigenvalue weighted by Gasteiger charge is 2.07. The second-order valence-corrected chi connectivity index (χ2v) is 4.83. The van der Waals surface area contributed by atoms with E-state index in [2.05, 4.69) is 23.5 Å². The van der Waals surface area contributed by atoms with Crippen molar-refractivity contribution >= 4 is 12.0 Å². The molecule has 5 nitrogen and oxygen atoms in total. The molecule has 116 valence electrons. The van der Waals surface area contributed by atoms with E-state index in [1.165, 1.54) is 0 Å². The van der Waals surface area contributed by atoms with E-state index < -0.39 is 0 Å². The molecule has 0 aliphatic rings. The van der Waals surface area contributed by atoms with E-state index in [1.54, 1.807) is 12.4 Å². The number of nitrogens with zero attached hydrogens (tertiary/aromatic N) is 3. The summed E-state index contributed by atoms with van der Waals surface area (Å²) >= 11 is 0. The molecule has 0 fully saturated rings. The number of aliphatic imine (C=N–C) groups is 1. The maximum Gasteiger partial charge on any atom is 0.213 e. The molecule has 1 rings (SSSR count). The van der Waals surface area contributed by atoms with Crippen LogP contribution >= 0.6 is 0 Å². The van der Waals surface area contributed by atoms with Crippen LogP contribution in [0.5, 0.6) is 5.88 Å². The summed E-state index contributed by atoms with van der Waals surface area (Å²) in [6.07, 6.45) is 3.46. The summed E-state index contributed by atoms with van der Waals surface area (Å²) in [4.78, 5) is 10.8. The van der Waals surface area contributed by atoms with Crippen molar-refractivity contribution in [2.24, 2.45) is 4.99 Å². The Hall–Kier alpha value is -1.88. The molecule has 1 atom stereocenters. The monoisotopic (exact) mass is 291 g/mol. The van der Waals surface area contributed by atoms with Gasteiger partial charge in [-0.2, -0.15) is 0 Å². The molecule has 1 aromatic heterocycles. The van der Waals surface area contributed by atoms with Crippen LogP contribution in [0, 0.1) is 6.92 Å². The lowest BCUT2D eigenvalue weighted by atomic mass is 10.3. The molecule has 0 saturated carbocycles. The Kier molecular flexibility index (Phi) is 7.46. The van der Waals surface area contributed by atoms with Gasteiger partial charge in [-0.1, -0.05) is 6.08 Å². The molecule has 5 heteroatoms. The summed E-state index contributed by atoms with van der Waals surface area (Å²) in [5.74, 6) is 0.588. The summed E-state index contributed by atoms with van der Waals surface area (Å²) in [5, 5.41) is 0. The lowest BCUT2D eigenvalue weighted by Gasteiger charge is -2.14. The second-order valence-electron chi connectivity index (χ2n) is 4.83. The average Bonchev–Trinajstić information content (AvgIpc) is 2.46. The molecule has 0 aliphatic heterocycles. The van der Waals surface area contributed by atoms with E-state index in [4.69, 9.17) is 9.47 Å². The van der Waals surface area contributed by atoms with Crippen LogP contribution in [0.25, 0.3) is 0 Å². The molecule has 0 N–H and O–H groups in total. The van der Waals surface area contributed by atoms with Crippen LogP contribution in [0.2, 0.25) is 0 Å². The van der Waals surface area contributed by atoms with Crippen LogP contribution in [-0.4, -0.2) is 49.1 Å². The summed E-state index contributed by atoms with van der Waals surface area (Å²) < 4.78 is 11.1. The first-order valence-electron chi connectivity index (χ1n) is 7.14. The van der Waals surface area contributed by atoms with Gasteiger partial charge >= 0.3 is 0 Å². The molecule has 1 aromatic rings. The van der Waals surface area contributed by atoms with E-state index in [-0.39, 0.29) is 6.10 Å². The van der Waals surface area contributed by atoms with Gasteiger partial charge in [0.25, 0.3) is 0 Å². The predicted octanol–water partition coefficient (Wildman–Crippen LogP) is 2.97. The maximum atomic E-state index is 5.71. The first kappa shape index (κ1) is 17.2. The van der Waals surface area contributed by atoms with Gasteiger partial charge in [-0.25, -0.2) is 9.98 Å². The summed E-state index contributed by atoms with van der Waals surface area (Å²) in [6.45, 7) is 11.5. The lowest BCUT2D eigenvalue weighted by Crippen LogP contribution is -2.19. The molecule has 0 bridgehead atoms. The van der Waals surface area contributed by atoms with Crippen LogP contribution in [0.15, 0.2) is 29.8 Å². The lowest BCUT2D eigenvalue weighted by molar-refractivity contribution is 0.0711. The molecular formula is C16H25N3O2. The Bertz CT molecular complexity index is 475. The molecular weight excluding hydrogens is 266 g/mol. The van der Waals surface area contributed by atoms with Crippen molar-refractivity contribution in [1.82, 2.24) is 9.88 Å². The third-order valence-electron chi connectivity index (χ3n) is 2.84. The number of hydrogen-bond acceptors (Lipinski definition) is 4. The highest BCUT2D eigenvalue weighted by Crippen LogP contribution is 2.20. The fourth-order valence-electron chi connectivity index (χ4n) is 1.53. The summed E-state index contributed by atoms with van der Waals surface area (Å²) in [6, 6.07) is 3.74. The van der Waals surface area contributed by atoms with E-state index in [9.17, 15) is 0 Å². The van der Waals surface area contributed by atoms with Crippen molar-refractivity contribution in [3.8, 4) is 5.88 Å². The fraction of sp³-hybridized carbons (Fsp3) is 0.500. The molecule has 0 spiro atoms. The molecule has 21 heavy (non-hydrogen) atoms. The van der Waals surface area contributed by atoms with Gasteiger partial charge in [0.05, 0.1) is 30.9 Å². The van der Waals surface area contributed by atoms with Gasteiger partial charge in [-0.05, 0) is 26.8 Å². The third kappa shape index (κ3) is 6.40. The SMILES string of the molecule is C=CCOCC(C)Oc1ccc(/N=C/N(C)CC)c(C)n1. The zero-order valence-electron chi connectivity index (χ0n) is 13.4. The zero-order chi connectivity index (χ0) is 15.7. The molecule has 0 amide bonds. The van der Waals surface area contributed by atoms with E-state index in [0.717, 1.165) is 17.9 Å². The molecule has 1 heterocycles. The quantitative estimate of drug-likeness (QED) is 0.304. The average molecular weight is 291 g/mol. The highest BCUT2D eigenvalue weighted by molar-refractivity contribution is 5.62. The van der Waals surface area contributed by atoms with E-state index >= 15 is 0 Å². The van der Waals surface area contributed by atoms with Crippen molar-refractivity contribution < 1.29 is 9.47 Å². The van der Waals surface area contributed by atoms with Crippen molar-refractivity contribution in [3.05, 3.63) is 30.5 Å². The largest absolute Gasteiger partial charge is 0.472 e. The van der Waals surface area contributed by atoms with Crippen LogP contribution in [0.4, 0.5) is 5.69 Å². The Morgan fingerprint density at radius 3 is 2.86 bits per heavy atom. The summed E-state index contributed by atoms with van der Waals surface area (Å²) in [7, 11) is 1.98. The minimum atomic E-state index is -0.0579. The van der Waals surface area contributed by atoms with Crippen LogP contribution < -0.4 is 4.74 Å². The van der Waals surface area contributed by atoms with Gasteiger partial charge < -0.3 is 14.4 Å². The standard InChI is InChI=1S/C16H25N3O2/c1-6-10-20-11-13(3)21-16-9-8-15(14(4)18-16)17-12-19(5)7-2/h6,8-9,12-13H,1,7,10-11H2,2-5H3/b17-12+. The smallest absolute Gasteiger partial charge is 0.213 e. The third-order valence-corrected chi connectivity index (χ3v) is 2.84. The van der Waals surface area contributed by atoms with Gasteiger partial charge in [0.15, 0.2) is 0 Å². The first-order valence-corrected chi connectivity index (χ1v) is 7.14. The minimum Gasteiger partial charge on any atom is -0.472 e. The normalized spacial score (nSPS) is 12.4. The molecule has 0 aliphatic carbocycles. The summed E-state index contributed by atoms with van der Waals surface area (Å²) in [5.41, 5.74) is 1.69. The van der Waals surface area contributed by atoms with Crippen molar-refractivity contribution in [1.29, 1.82) is 0 Å². The minimum absolute atomic E-state index is 0.0579. The topological polar surface area (TPSA) is 47.0 Å². The number of aryl methyl sites for hydroxylation is 1. The van der Waals surface area contributed by atoms with Gasteiger partial charge in [0, 0.05) is 19.7 Å². The van der Waals surface area contributed by atoms with Crippen molar-refractivity contribution in [2.75, 3.05) is 26.8 Å².